The Hall–Kier alpha value is -1.04. The minimum atomic E-state index is -4.81. The third-order valence-electron chi connectivity index (χ3n) is 2.42. The van der Waals surface area contributed by atoms with E-state index in [2.05, 4.69) is 15.9 Å². The van der Waals surface area contributed by atoms with E-state index in [1.54, 1.807) is 12.1 Å². The Morgan fingerprint density at radius 1 is 1.38 bits per heavy atom. The average molecular weight is 294 g/mol. The van der Waals surface area contributed by atoms with Crippen molar-refractivity contribution in [3.8, 4) is 0 Å². The molecule has 0 N–H and O–H groups in total. The molecule has 0 spiro atoms. The van der Waals surface area contributed by atoms with Crippen molar-refractivity contribution >= 4 is 27.5 Å². The summed E-state index contributed by atoms with van der Waals surface area (Å²) in [5, 5.41) is 0. The van der Waals surface area contributed by atoms with E-state index in [4.69, 9.17) is 0 Å². The number of benzene rings is 1. The van der Waals surface area contributed by atoms with E-state index in [9.17, 15) is 18.0 Å². The van der Waals surface area contributed by atoms with Crippen molar-refractivity contribution in [1.29, 1.82) is 0 Å². The van der Waals surface area contributed by atoms with Crippen molar-refractivity contribution in [2.75, 3.05) is 11.4 Å². The Morgan fingerprint density at radius 3 is 2.69 bits per heavy atom. The molecule has 16 heavy (non-hydrogen) atoms. The molecule has 0 saturated heterocycles. The molecule has 6 heteroatoms. The molecule has 1 amide bonds. The maximum Gasteiger partial charge on any atom is 0.471 e. The third-order valence-corrected chi connectivity index (χ3v) is 2.92. The maximum absolute atomic E-state index is 12.3. The van der Waals surface area contributed by atoms with Crippen molar-refractivity contribution in [1.82, 2.24) is 0 Å². The van der Waals surface area contributed by atoms with Crippen molar-refractivity contribution in [3.63, 3.8) is 0 Å². The molecule has 1 aromatic carbocycles. The summed E-state index contributed by atoms with van der Waals surface area (Å²) < 4.78 is 37.6. The largest absolute Gasteiger partial charge is 0.471 e. The second kappa shape index (κ2) is 3.76. The van der Waals surface area contributed by atoms with Crippen LogP contribution in [0.5, 0.6) is 0 Å². The second-order valence-electron chi connectivity index (χ2n) is 3.48. The monoisotopic (exact) mass is 293 g/mol. The van der Waals surface area contributed by atoms with E-state index in [1.807, 2.05) is 0 Å². The Balaban J connectivity index is 2.34. The second-order valence-corrected chi connectivity index (χ2v) is 4.39. The third kappa shape index (κ3) is 1.93. The quantitative estimate of drug-likeness (QED) is 0.720. The van der Waals surface area contributed by atoms with Gasteiger partial charge < -0.3 is 4.90 Å². The Bertz CT molecular complexity index is 444. The maximum atomic E-state index is 12.3. The topological polar surface area (TPSA) is 20.3 Å². The van der Waals surface area contributed by atoms with Crippen LogP contribution in [0, 0.1) is 0 Å². The lowest BCUT2D eigenvalue weighted by atomic mass is 10.2. The molecule has 0 fully saturated rings. The predicted octanol–water partition coefficient (Wildman–Crippen LogP) is 2.90. The number of fused-ring (bicyclic) bond motifs is 1. The molecule has 1 aliphatic rings. The van der Waals surface area contributed by atoms with Gasteiger partial charge in [0, 0.05) is 16.7 Å². The minimum Gasteiger partial charge on any atom is -0.304 e. The SMILES string of the molecule is O=C(N1CCc2cc(Br)ccc21)C(F)(F)F. The lowest BCUT2D eigenvalue weighted by Crippen LogP contribution is -2.40. The molecule has 0 radical (unpaired) electrons. The van der Waals surface area contributed by atoms with Crippen LogP contribution in [-0.2, 0) is 11.2 Å². The predicted molar refractivity (Wildman–Crippen MR) is 56.3 cm³/mol. The number of carbonyl (C=O) groups excluding carboxylic acids is 1. The number of nitrogens with zero attached hydrogens (tertiary/aromatic N) is 1. The van der Waals surface area contributed by atoms with Crippen molar-refractivity contribution in [2.45, 2.75) is 12.6 Å². The summed E-state index contributed by atoms with van der Waals surface area (Å²) in [6.45, 7) is 0.0874. The summed E-state index contributed by atoms with van der Waals surface area (Å²) in [4.78, 5) is 11.9. The molecule has 0 saturated carbocycles. The van der Waals surface area contributed by atoms with Crippen LogP contribution in [0.15, 0.2) is 22.7 Å². The number of alkyl halides is 3. The zero-order chi connectivity index (χ0) is 11.9. The minimum absolute atomic E-state index is 0.0874. The summed E-state index contributed by atoms with van der Waals surface area (Å²) in [6.07, 6.45) is -4.36. The fourth-order valence-electron chi connectivity index (χ4n) is 1.73. The van der Waals surface area contributed by atoms with Gasteiger partial charge in [-0.2, -0.15) is 13.2 Å². The molecular weight excluding hydrogens is 287 g/mol. The Labute approximate surface area is 98.2 Å². The molecule has 1 heterocycles. The standard InChI is InChI=1S/C10H7BrF3NO/c11-7-1-2-8-6(5-7)3-4-15(8)9(16)10(12,13)14/h1-2,5H,3-4H2. The number of halogens is 4. The van der Waals surface area contributed by atoms with Gasteiger partial charge in [0.2, 0.25) is 0 Å². The van der Waals surface area contributed by atoms with Crippen LogP contribution >= 0.6 is 15.9 Å². The summed E-state index contributed by atoms with van der Waals surface area (Å²) in [5.41, 5.74) is 1.11. The van der Waals surface area contributed by atoms with Gasteiger partial charge in [0.1, 0.15) is 0 Å². The van der Waals surface area contributed by atoms with Gasteiger partial charge in [-0.1, -0.05) is 15.9 Å². The van der Waals surface area contributed by atoms with E-state index in [0.29, 0.717) is 12.1 Å². The van der Waals surface area contributed by atoms with E-state index in [0.717, 1.165) is 14.9 Å². The Kier molecular flexibility index (Phi) is 2.69. The molecule has 2 rings (SSSR count). The number of carbonyl (C=O) groups is 1. The van der Waals surface area contributed by atoms with Gasteiger partial charge in [-0.25, -0.2) is 0 Å². The zero-order valence-corrected chi connectivity index (χ0v) is 9.60. The number of anilines is 1. The lowest BCUT2D eigenvalue weighted by Gasteiger charge is -2.18. The number of hydrogen-bond acceptors (Lipinski definition) is 1. The van der Waals surface area contributed by atoms with E-state index in [1.165, 1.54) is 6.07 Å². The molecule has 1 aromatic rings. The highest BCUT2D eigenvalue weighted by Crippen LogP contribution is 2.33. The summed E-state index contributed by atoms with van der Waals surface area (Å²) >= 11 is 3.24. The van der Waals surface area contributed by atoms with Gasteiger partial charge in [0.15, 0.2) is 0 Å². The van der Waals surface area contributed by atoms with Crippen molar-refractivity contribution < 1.29 is 18.0 Å². The van der Waals surface area contributed by atoms with Crippen LogP contribution in [0.2, 0.25) is 0 Å². The van der Waals surface area contributed by atoms with Crippen LogP contribution in [0.1, 0.15) is 5.56 Å². The first-order valence-electron chi connectivity index (χ1n) is 4.57. The molecular formula is C10H7BrF3NO. The summed E-state index contributed by atoms with van der Waals surface area (Å²) in [6, 6.07) is 4.88. The molecule has 0 bridgehead atoms. The van der Waals surface area contributed by atoms with E-state index >= 15 is 0 Å². The first kappa shape index (κ1) is 11.4. The van der Waals surface area contributed by atoms with Gasteiger partial charge in [0.05, 0.1) is 0 Å². The van der Waals surface area contributed by atoms with Crippen LogP contribution in [0.4, 0.5) is 18.9 Å². The Morgan fingerprint density at radius 2 is 2.06 bits per heavy atom. The molecule has 0 atom stereocenters. The smallest absolute Gasteiger partial charge is 0.304 e. The van der Waals surface area contributed by atoms with Crippen LogP contribution in [0.25, 0.3) is 0 Å². The molecule has 0 aliphatic carbocycles. The highest BCUT2D eigenvalue weighted by molar-refractivity contribution is 9.10. The fraction of sp³-hybridized carbons (Fsp3) is 0.300. The first-order chi connectivity index (χ1) is 7.39. The van der Waals surface area contributed by atoms with E-state index in [-0.39, 0.29) is 6.54 Å². The fourth-order valence-corrected chi connectivity index (χ4v) is 2.14. The van der Waals surface area contributed by atoms with Gasteiger partial charge in [-0.15, -0.1) is 0 Å². The van der Waals surface area contributed by atoms with Crippen molar-refractivity contribution in [3.05, 3.63) is 28.2 Å². The zero-order valence-electron chi connectivity index (χ0n) is 8.01. The lowest BCUT2D eigenvalue weighted by molar-refractivity contribution is -0.170. The van der Waals surface area contributed by atoms with Crippen LogP contribution in [-0.4, -0.2) is 18.6 Å². The van der Waals surface area contributed by atoms with Gasteiger partial charge in [0.25, 0.3) is 0 Å². The highest BCUT2D eigenvalue weighted by Gasteiger charge is 2.44. The molecule has 1 aliphatic heterocycles. The van der Waals surface area contributed by atoms with Crippen LogP contribution < -0.4 is 4.90 Å². The first-order valence-corrected chi connectivity index (χ1v) is 5.36. The average Bonchev–Trinajstić information content (AvgIpc) is 2.57. The number of hydrogen-bond donors (Lipinski definition) is 0. The van der Waals surface area contributed by atoms with E-state index < -0.39 is 12.1 Å². The van der Waals surface area contributed by atoms with Gasteiger partial charge in [-0.3, -0.25) is 4.79 Å². The van der Waals surface area contributed by atoms with Crippen molar-refractivity contribution in [2.24, 2.45) is 0 Å². The highest BCUT2D eigenvalue weighted by atomic mass is 79.9. The van der Waals surface area contributed by atoms with Gasteiger partial charge in [-0.05, 0) is 30.2 Å². The summed E-state index contributed by atoms with van der Waals surface area (Å²) in [5.74, 6) is -1.80. The number of amides is 1. The molecule has 0 aromatic heterocycles. The normalized spacial score (nSPS) is 15.1. The molecule has 0 unspecified atom stereocenters. The number of rotatable bonds is 0. The summed E-state index contributed by atoms with van der Waals surface area (Å²) in [7, 11) is 0. The van der Waals surface area contributed by atoms with Gasteiger partial charge >= 0.3 is 12.1 Å². The molecule has 2 nitrogen and oxygen atoms in total. The van der Waals surface area contributed by atoms with Crippen LogP contribution in [0.3, 0.4) is 0 Å². The molecule has 86 valence electrons.